The van der Waals surface area contributed by atoms with Crippen molar-refractivity contribution in [1.29, 1.82) is 5.26 Å². The van der Waals surface area contributed by atoms with Crippen LogP contribution in [0.5, 0.6) is 11.5 Å². The molecule has 3 rings (SSSR count). The Hall–Kier alpha value is -4.09. The number of carbonyl (C=O) groups excluding carboxylic acids is 2. The highest BCUT2D eigenvalue weighted by Gasteiger charge is 2.13. The molecule has 0 saturated heterocycles. The maximum Gasteiger partial charge on any atom is 0.266 e. The molecular weight excluding hydrogens is 486 g/mol. The smallest absolute Gasteiger partial charge is 0.266 e. The van der Waals surface area contributed by atoms with Crippen molar-refractivity contribution in [1.82, 2.24) is 0 Å². The Bertz CT molecular complexity index is 1200. The van der Waals surface area contributed by atoms with Crippen molar-refractivity contribution in [3.05, 3.63) is 88.4 Å². The fourth-order valence-electron chi connectivity index (χ4n) is 2.80. The van der Waals surface area contributed by atoms with E-state index in [9.17, 15) is 14.9 Å². The standard InChI is InChI=1S/C25H20BrN3O4/c1-32-22-10-8-21(9-11-22)29-25(31)18(15-27)13-17-14-19(26)7-12-23(17)33-16-24(30)28-20-5-3-2-4-6-20/h2-14H,16H2,1H3,(H,28,30)(H,29,31)/b18-13+. The molecule has 7 nitrogen and oxygen atoms in total. The summed E-state index contributed by atoms with van der Waals surface area (Å²) in [5, 5.41) is 15.0. The van der Waals surface area contributed by atoms with Crippen LogP contribution in [0.25, 0.3) is 6.08 Å². The lowest BCUT2D eigenvalue weighted by atomic mass is 10.1. The molecule has 33 heavy (non-hydrogen) atoms. The van der Waals surface area contributed by atoms with Crippen LogP contribution in [0.1, 0.15) is 5.56 Å². The molecule has 0 aliphatic rings. The molecule has 0 saturated carbocycles. The van der Waals surface area contributed by atoms with Gasteiger partial charge in [0, 0.05) is 21.4 Å². The third-order valence-electron chi connectivity index (χ3n) is 4.40. The number of ether oxygens (including phenoxy) is 2. The summed E-state index contributed by atoms with van der Waals surface area (Å²) >= 11 is 3.38. The number of anilines is 2. The Morgan fingerprint density at radius 1 is 1.00 bits per heavy atom. The summed E-state index contributed by atoms with van der Waals surface area (Å²) in [6, 6.07) is 22.8. The predicted octanol–water partition coefficient (Wildman–Crippen LogP) is 5.02. The normalized spacial score (nSPS) is 10.6. The number of nitrogens with zero attached hydrogens (tertiary/aromatic N) is 1. The van der Waals surface area contributed by atoms with Crippen LogP contribution in [-0.4, -0.2) is 25.5 Å². The number of hydrogen-bond donors (Lipinski definition) is 2. The Labute approximate surface area is 199 Å². The van der Waals surface area contributed by atoms with Crippen molar-refractivity contribution in [3.8, 4) is 17.6 Å². The van der Waals surface area contributed by atoms with E-state index >= 15 is 0 Å². The largest absolute Gasteiger partial charge is 0.497 e. The van der Waals surface area contributed by atoms with Gasteiger partial charge < -0.3 is 20.1 Å². The highest BCUT2D eigenvalue weighted by Crippen LogP contribution is 2.26. The van der Waals surface area contributed by atoms with Crippen molar-refractivity contribution in [2.75, 3.05) is 24.4 Å². The fraction of sp³-hybridized carbons (Fsp3) is 0.0800. The van der Waals surface area contributed by atoms with Crippen molar-refractivity contribution in [3.63, 3.8) is 0 Å². The molecule has 0 aromatic heterocycles. The lowest BCUT2D eigenvalue weighted by molar-refractivity contribution is -0.118. The minimum atomic E-state index is -0.574. The first-order valence-electron chi connectivity index (χ1n) is 9.83. The van der Waals surface area contributed by atoms with Gasteiger partial charge in [0.05, 0.1) is 7.11 Å². The molecule has 0 bridgehead atoms. The van der Waals surface area contributed by atoms with E-state index in [0.717, 1.165) is 4.47 Å². The topological polar surface area (TPSA) is 100 Å². The minimum absolute atomic E-state index is 0.123. The predicted molar refractivity (Wildman–Crippen MR) is 130 cm³/mol. The van der Waals surface area contributed by atoms with Gasteiger partial charge in [-0.3, -0.25) is 9.59 Å². The van der Waals surface area contributed by atoms with Crippen LogP contribution in [0.15, 0.2) is 82.8 Å². The van der Waals surface area contributed by atoms with Gasteiger partial charge in [-0.05, 0) is 60.7 Å². The number of nitriles is 1. The second-order valence-corrected chi connectivity index (χ2v) is 7.65. The van der Waals surface area contributed by atoms with E-state index in [0.29, 0.717) is 28.4 Å². The van der Waals surface area contributed by atoms with Crippen molar-refractivity contribution < 1.29 is 19.1 Å². The summed E-state index contributed by atoms with van der Waals surface area (Å²) in [4.78, 5) is 24.8. The molecule has 0 radical (unpaired) electrons. The molecule has 3 aromatic rings. The lowest BCUT2D eigenvalue weighted by Crippen LogP contribution is -2.20. The second kappa shape index (κ2) is 11.5. The van der Waals surface area contributed by atoms with Gasteiger partial charge in [0.1, 0.15) is 23.1 Å². The Morgan fingerprint density at radius 3 is 2.36 bits per heavy atom. The quantitative estimate of drug-likeness (QED) is 0.330. The molecule has 0 aliphatic carbocycles. The van der Waals surface area contributed by atoms with E-state index in [1.807, 2.05) is 24.3 Å². The number of nitrogens with one attached hydrogen (secondary N) is 2. The zero-order valence-electron chi connectivity index (χ0n) is 17.7. The van der Waals surface area contributed by atoms with E-state index in [2.05, 4.69) is 26.6 Å². The summed E-state index contributed by atoms with van der Waals surface area (Å²) in [5.41, 5.74) is 1.52. The molecule has 0 fully saturated rings. The maximum absolute atomic E-state index is 12.6. The second-order valence-electron chi connectivity index (χ2n) is 6.74. The SMILES string of the molecule is COc1ccc(NC(=O)/C(C#N)=C/c2cc(Br)ccc2OCC(=O)Nc2ccccc2)cc1. The van der Waals surface area contributed by atoms with Gasteiger partial charge in [-0.2, -0.15) is 5.26 Å². The first-order valence-corrected chi connectivity index (χ1v) is 10.6. The van der Waals surface area contributed by atoms with Gasteiger partial charge in [0.2, 0.25) is 0 Å². The highest BCUT2D eigenvalue weighted by atomic mass is 79.9. The monoisotopic (exact) mass is 505 g/mol. The summed E-state index contributed by atoms with van der Waals surface area (Å²) in [7, 11) is 1.55. The van der Waals surface area contributed by atoms with Crippen LogP contribution >= 0.6 is 15.9 Å². The molecule has 0 aliphatic heterocycles. The number of amides is 2. The third kappa shape index (κ3) is 6.95. The highest BCUT2D eigenvalue weighted by molar-refractivity contribution is 9.10. The van der Waals surface area contributed by atoms with E-state index in [1.54, 1.807) is 61.7 Å². The lowest BCUT2D eigenvalue weighted by Gasteiger charge is -2.11. The third-order valence-corrected chi connectivity index (χ3v) is 4.89. The van der Waals surface area contributed by atoms with Crippen molar-refractivity contribution >= 4 is 45.2 Å². The molecular formula is C25H20BrN3O4. The zero-order chi connectivity index (χ0) is 23.6. The molecule has 0 heterocycles. The van der Waals surface area contributed by atoms with E-state index in [-0.39, 0.29) is 18.1 Å². The molecule has 0 spiro atoms. The van der Waals surface area contributed by atoms with E-state index in [4.69, 9.17) is 9.47 Å². The van der Waals surface area contributed by atoms with E-state index in [1.165, 1.54) is 6.08 Å². The summed E-state index contributed by atoms with van der Waals surface area (Å²) in [6.45, 7) is -0.239. The summed E-state index contributed by atoms with van der Waals surface area (Å²) < 4.78 is 11.5. The number of benzene rings is 3. The number of halogens is 1. The van der Waals surface area contributed by atoms with Crippen molar-refractivity contribution in [2.45, 2.75) is 0 Å². The first-order chi connectivity index (χ1) is 16.0. The van der Waals surface area contributed by atoms with Crippen LogP contribution in [0.4, 0.5) is 11.4 Å². The van der Waals surface area contributed by atoms with Gasteiger partial charge >= 0.3 is 0 Å². The number of carbonyl (C=O) groups is 2. The Morgan fingerprint density at radius 2 is 1.70 bits per heavy atom. The molecule has 3 aromatic carbocycles. The number of methoxy groups -OCH3 is 1. The van der Waals surface area contributed by atoms with Gasteiger partial charge in [0.15, 0.2) is 6.61 Å². The van der Waals surface area contributed by atoms with Crippen LogP contribution in [0.2, 0.25) is 0 Å². The first kappa shape index (κ1) is 23.6. The fourth-order valence-corrected chi connectivity index (χ4v) is 3.18. The Kier molecular flexibility index (Phi) is 8.22. The summed E-state index contributed by atoms with van der Waals surface area (Å²) in [5.74, 6) is 0.0925. The van der Waals surface area contributed by atoms with Gasteiger partial charge in [-0.15, -0.1) is 0 Å². The molecule has 0 atom stereocenters. The van der Waals surface area contributed by atoms with Crippen LogP contribution in [0.3, 0.4) is 0 Å². The Balaban J connectivity index is 1.73. The van der Waals surface area contributed by atoms with Crippen LogP contribution < -0.4 is 20.1 Å². The van der Waals surface area contributed by atoms with Gasteiger partial charge in [-0.1, -0.05) is 34.1 Å². The molecule has 166 valence electrons. The maximum atomic E-state index is 12.6. The molecule has 2 amide bonds. The molecule has 8 heteroatoms. The number of rotatable bonds is 8. The van der Waals surface area contributed by atoms with Crippen LogP contribution in [0, 0.1) is 11.3 Å². The van der Waals surface area contributed by atoms with Gasteiger partial charge in [-0.25, -0.2) is 0 Å². The number of para-hydroxylation sites is 1. The number of hydrogen-bond acceptors (Lipinski definition) is 5. The summed E-state index contributed by atoms with van der Waals surface area (Å²) in [6.07, 6.45) is 1.41. The van der Waals surface area contributed by atoms with Gasteiger partial charge in [0.25, 0.3) is 11.8 Å². The average molecular weight is 506 g/mol. The average Bonchev–Trinajstić information content (AvgIpc) is 2.83. The minimum Gasteiger partial charge on any atom is -0.497 e. The molecule has 0 unspecified atom stereocenters. The van der Waals surface area contributed by atoms with Crippen LogP contribution in [-0.2, 0) is 9.59 Å². The molecule has 2 N–H and O–H groups in total. The van der Waals surface area contributed by atoms with E-state index < -0.39 is 5.91 Å². The zero-order valence-corrected chi connectivity index (χ0v) is 19.3. The van der Waals surface area contributed by atoms with Crippen molar-refractivity contribution in [2.24, 2.45) is 0 Å².